The van der Waals surface area contributed by atoms with Gasteiger partial charge in [-0.3, -0.25) is 4.90 Å². The second-order valence-corrected chi connectivity index (χ2v) is 26.7. The maximum Gasteiger partial charge on any atom is 0.0710 e. The number of piperidine rings is 3. The first-order valence-electron chi connectivity index (χ1n) is 26.9. The zero-order chi connectivity index (χ0) is 45.3. The summed E-state index contributed by atoms with van der Waals surface area (Å²) in [5, 5.41) is 0. The zero-order valence-corrected chi connectivity index (χ0v) is 44.2. The molecule has 362 valence electrons. The van der Waals surface area contributed by atoms with Gasteiger partial charge in [0.05, 0.1) is 12.2 Å². The van der Waals surface area contributed by atoms with Crippen LogP contribution in [0.2, 0.25) is 0 Å². The van der Waals surface area contributed by atoms with E-state index in [-0.39, 0.29) is 5.60 Å². The number of hydrogen-bond acceptors (Lipinski definition) is 7. The average molecular weight is 867 g/mol. The maximum absolute atomic E-state index is 6.08. The summed E-state index contributed by atoms with van der Waals surface area (Å²) in [5.41, 5.74) is 3.37. The van der Waals surface area contributed by atoms with Crippen molar-refractivity contribution >= 4 is 0 Å². The lowest BCUT2D eigenvalue weighted by Crippen LogP contribution is -2.61. The fourth-order valence-corrected chi connectivity index (χ4v) is 14.1. The van der Waals surface area contributed by atoms with Crippen LogP contribution in [-0.4, -0.2) is 161 Å². The first-order chi connectivity index (χ1) is 29.1. The van der Waals surface area contributed by atoms with Crippen molar-refractivity contribution in [3.05, 3.63) is 0 Å². The highest BCUT2D eigenvalue weighted by atomic mass is 16.5. The highest BCUT2D eigenvalue weighted by Gasteiger charge is 2.53. The third-order valence-electron chi connectivity index (χ3n) is 19.4. The van der Waals surface area contributed by atoms with E-state index in [2.05, 4.69) is 134 Å². The third kappa shape index (κ3) is 12.8. The molecular formula is C55H106N6O. The fraction of sp³-hybridized carbons (Fsp3) is 1.00. The molecule has 1 unspecified atom stereocenters. The molecule has 0 N–H and O–H groups in total. The number of likely N-dealkylation sites (tertiary alicyclic amines) is 6. The highest BCUT2D eigenvalue weighted by Crippen LogP contribution is 2.56. The topological polar surface area (TPSA) is 28.7 Å². The summed E-state index contributed by atoms with van der Waals surface area (Å²) in [6.45, 7) is 40.4. The van der Waals surface area contributed by atoms with Crippen molar-refractivity contribution in [2.45, 2.75) is 164 Å². The van der Waals surface area contributed by atoms with Crippen LogP contribution in [0.4, 0.5) is 0 Å². The normalized spacial score (nSPS) is 32.4. The Bertz CT molecular complexity index is 1230. The van der Waals surface area contributed by atoms with Crippen molar-refractivity contribution in [3.63, 3.8) is 0 Å². The van der Waals surface area contributed by atoms with Crippen LogP contribution >= 0.6 is 0 Å². The molecule has 0 aromatic heterocycles. The largest absolute Gasteiger partial charge is 0.375 e. The van der Waals surface area contributed by atoms with Gasteiger partial charge < -0.3 is 29.2 Å². The monoisotopic (exact) mass is 867 g/mol. The van der Waals surface area contributed by atoms with Crippen molar-refractivity contribution in [1.82, 2.24) is 29.4 Å². The SMILES string of the molecule is CC(C)C1CC2(C1)CN(C)C2.CC(C)C1CC2(C1)CN(C)C2.CC(C)C1CC2(CCN(C)CC2)C1.CC(C)C1COC2(CCN(C)CC2)C1.CC(C)N1CC2(CCN(C)CC2)C1. The van der Waals surface area contributed by atoms with Crippen LogP contribution in [-0.2, 0) is 4.74 Å². The molecule has 7 heteroatoms. The second-order valence-electron chi connectivity index (χ2n) is 26.7. The van der Waals surface area contributed by atoms with Gasteiger partial charge in [0.1, 0.15) is 0 Å². The molecule has 0 aromatic rings. The molecule has 10 fully saturated rings. The Morgan fingerprint density at radius 2 is 0.677 bits per heavy atom. The maximum atomic E-state index is 6.08. The number of hydrogen-bond donors (Lipinski definition) is 0. The molecule has 3 aliphatic carbocycles. The van der Waals surface area contributed by atoms with Crippen molar-refractivity contribution in [2.24, 2.45) is 69.0 Å². The number of nitrogens with zero attached hydrogens (tertiary/aromatic N) is 6. The Labute approximate surface area is 386 Å². The summed E-state index contributed by atoms with van der Waals surface area (Å²) in [6, 6.07) is 0.755. The van der Waals surface area contributed by atoms with Crippen LogP contribution in [0, 0.1) is 69.0 Å². The Kier molecular flexibility index (Phi) is 17.3. The summed E-state index contributed by atoms with van der Waals surface area (Å²) >= 11 is 0. The Morgan fingerprint density at radius 1 is 0.355 bits per heavy atom. The molecule has 5 spiro atoms. The van der Waals surface area contributed by atoms with Gasteiger partial charge in [0.2, 0.25) is 0 Å². The minimum Gasteiger partial charge on any atom is -0.375 e. The molecule has 7 saturated heterocycles. The Hall–Kier alpha value is -0.280. The van der Waals surface area contributed by atoms with Crippen LogP contribution in [0.15, 0.2) is 0 Å². The molecular weight excluding hydrogens is 761 g/mol. The van der Waals surface area contributed by atoms with E-state index in [4.69, 9.17) is 4.74 Å². The number of ether oxygens (including phenoxy) is 1. The Balaban J connectivity index is 0.000000130. The molecule has 0 amide bonds. The fourth-order valence-electron chi connectivity index (χ4n) is 14.1. The van der Waals surface area contributed by atoms with Crippen molar-refractivity contribution in [2.75, 3.05) is 120 Å². The summed E-state index contributed by atoms with van der Waals surface area (Å²) < 4.78 is 6.08. The molecule has 7 heterocycles. The standard InChI is InChI=1S/C12H23NO.C12H23N.C11H22N2.2C10H19N/c1-10(2)11-8-12(14-9-11)4-6-13(3)7-5-12;1-10(2)11-8-12(9-11)4-6-13(3)7-5-12;1-10(2)13-8-11(9-13)4-6-12(3)7-5-11;2*1-8(2)9-4-10(5-9)6-11(3)7-10/h10-11H,4-9H2,1-3H3;10-11H,4-9H2,1-3H3;10H,4-9H2,1-3H3;2*8-9H,4-7H2,1-3H3. The smallest absolute Gasteiger partial charge is 0.0710 e. The minimum atomic E-state index is 0.265. The Morgan fingerprint density at radius 3 is 0.984 bits per heavy atom. The summed E-state index contributed by atoms with van der Waals surface area (Å²) in [6.07, 6.45) is 18.7. The van der Waals surface area contributed by atoms with Gasteiger partial charge in [-0.15, -0.1) is 0 Å². The summed E-state index contributed by atoms with van der Waals surface area (Å²) in [5.74, 6) is 7.49. The molecule has 0 bridgehead atoms. The van der Waals surface area contributed by atoms with E-state index in [1.807, 2.05) is 0 Å². The van der Waals surface area contributed by atoms with Gasteiger partial charge in [0.15, 0.2) is 0 Å². The van der Waals surface area contributed by atoms with E-state index >= 15 is 0 Å². The van der Waals surface area contributed by atoms with Gasteiger partial charge in [0.25, 0.3) is 0 Å². The van der Waals surface area contributed by atoms with Gasteiger partial charge in [-0.05, 0) is 228 Å². The molecule has 7 aliphatic heterocycles. The van der Waals surface area contributed by atoms with Gasteiger partial charge in [-0.2, -0.15) is 0 Å². The van der Waals surface area contributed by atoms with Crippen LogP contribution in [0.1, 0.15) is 153 Å². The third-order valence-corrected chi connectivity index (χ3v) is 19.4. The summed E-state index contributed by atoms with van der Waals surface area (Å²) in [7, 11) is 11.2. The van der Waals surface area contributed by atoms with E-state index in [0.717, 1.165) is 81.7 Å². The predicted octanol–water partition coefficient (Wildman–Crippen LogP) is 10.3. The lowest BCUT2D eigenvalue weighted by Gasteiger charge is -2.59. The van der Waals surface area contributed by atoms with E-state index in [9.17, 15) is 0 Å². The van der Waals surface area contributed by atoms with Crippen molar-refractivity contribution in [1.29, 1.82) is 0 Å². The quantitative estimate of drug-likeness (QED) is 0.272. The second kappa shape index (κ2) is 20.9. The lowest BCUT2D eigenvalue weighted by atomic mass is 9.55. The predicted molar refractivity (Wildman–Crippen MR) is 266 cm³/mol. The molecule has 62 heavy (non-hydrogen) atoms. The average Bonchev–Trinajstić information content (AvgIpc) is 3.55. The first kappa shape index (κ1) is 51.1. The lowest BCUT2D eigenvalue weighted by molar-refractivity contribution is -0.0941. The molecule has 10 rings (SSSR count). The molecule has 1 atom stereocenters. The van der Waals surface area contributed by atoms with E-state index < -0.39 is 0 Å². The van der Waals surface area contributed by atoms with Gasteiger partial charge >= 0.3 is 0 Å². The highest BCUT2D eigenvalue weighted by molar-refractivity contribution is 5.05. The van der Waals surface area contributed by atoms with Gasteiger partial charge in [0, 0.05) is 58.4 Å². The zero-order valence-electron chi connectivity index (χ0n) is 44.2. The van der Waals surface area contributed by atoms with Gasteiger partial charge in [-0.1, -0.05) is 55.4 Å². The van der Waals surface area contributed by atoms with E-state index in [1.165, 1.54) is 162 Å². The molecule has 10 aliphatic rings. The van der Waals surface area contributed by atoms with Crippen LogP contribution < -0.4 is 0 Å². The number of rotatable bonds is 5. The van der Waals surface area contributed by atoms with Crippen LogP contribution in [0.3, 0.4) is 0 Å². The van der Waals surface area contributed by atoms with Crippen LogP contribution in [0.25, 0.3) is 0 Å². The first-order valence-corrected chi connectivity index (χ1v) is 26.9. The van der Waals surface area contributed by atoms with Crippen LogP contribution in [0.5, 0.6) is 0 Å². The minimum absolute atomic E-state index is 0.265. The van der Waals surface area contributed by atoms with Gasteiger partial charge in [-0.25, -0.2) is 0 Å². The molecule has 0 radical (unpaired) electrons. The van der Waals surface area contributed by atoms with Crippen molar-refractivity contribution in [3.8, 4) is 0 Å². The van der Waals surface area contributed by atoms with E-state index in [1.54, 1.807) is 0 Å². The van der Waals surface area contributed by atoms with E-state index in [0.29, 0.717) is 0 Å². The molecule has 7 nitrogen and oxygen atoms in total. The summed E-state index contributed by atoms with van der Waals surface area (Å²) in [4.78, 5) is 14.8. The van der Waals surface area contributed by atoms with Crippen molar-refractivity contribution < 1.29 is 4.74 Å². The molecule has 3 saturated carbocycles. The molecule has 0 aromatic carbocycles.